The number of rotatable bonds is 6. The summed E-state index contributed by atoms with van der Waals surface area (Å²) in [5.74, 6) is 0.617. The lowest BCUT2D eigenvalue weighted by Crippen LogP contribution is -2.47. The van der Waals surface area contributed by atoms with Gasteiger partial charge < -0.3 is 19.7 Å². The Balaban J connectivity index is 1.22. The molecule has 0 aromatic carbocycles. The van der Waals surface area contributed by atoms with Crippen molar-refractivity contribution < 1.29 is 23.0 Å². The van der Waals surface area contributed by atoms with Crippen LogP contribution in [0.15, 0.2) is 6.33 Å². The highest BCUT2D eigenvalue weighted by Crippen LogP contribution is 2.35. The summed E-state index contributed by atoms with van der Waals surface area (Å²) in [4.78, 5) is 18.3. The number of hydrogen-bond donors (Lipinski definition) is 1. The summed E-state index contributed by atoms with van der Waals surface area (Å²) in [6.45, 7) is 2.55. The first-order valence-electron chi connectivity index (χ1n) is 10.5. The SMILES string of the molecule is O=C(COC[C@H]1CCCCO1)N1CCC([C@@H]2C[C@H](C(F)F)n3ncnc3N2)CC1. The van der Waals surface area contributed by atoms with Gasteiger partial charge in [-0.1, -0.05) is 0 Å². The van der Waals surface area contributed by atoms with E-state index in [2.05, 4.69) is 15.4 Å². The number of carbonyl (C=O) groups is 1. The van der Waals surface area contributed by atoms with Crippen LogP contribution >= 0.6 is 0 Å². The van der Waals surface area contributed by atoms with Crippen LogP contribution < -0.4 is 5.32 Å². The Hall–Kier alpha value is -1.81. The largest absolute Gasteiger partial charge is 0.376 e. The van der Waals surface area contributed by atoms with Gasteiger partial charge in [0.1, 0.15) is 19.0 Å². The Labute approximate surface area is 168 Å². The number of nitrogens with one attached hydrogen (secondary N) is 1. The summed E-state index contributed by atoms with van der Waals surface area (Å²) in [5, 5.41) is 7.18. The van der Waals surface area contributed by atoms with E-state index >= 15 is 0 Å². The summed E-state index contributed by atoms with van der Waals surface area (Å²) in [7, 11) is 0. The molecule has 162 valence electrons. The normalized spacial score (nSPS) is 28.2. The predicted octanol–water partition coefficient (Wildman–Crippen LogP) is 2.09. The number of carbonyl (C=O) groups excluding carboxylic acids is 1. The molecule has 3 aliphatic rings. The topological polar surface area (TPSA) is 81.5 Å². The second kappa shape index (κ2) is 9.34. The van der Waals surface area contributed by atoms with Crippen molar-refractivity contribution in [2.45, 2.75) is 63.1 Å². The minimum absolute atomic E-state index is 0.0129. The fraction of sp³-hybridized carbons (Fsp3) is 0.842. The van der Waals surface area contributed by atoms with Crippen molar-refractivity contribution in [1.82, 2.24) is 19.7 Å². The Kier molecular flexibility index (Phi) is 6.59. The predicted molar refractivity (Wildman–Crippen MR) is 101 cm³/mol. The number of ether oxygens (including phenoxy) is 2. The van der Waals surface area contributed by atoms with E-state index < -0.39 is 12.5 Å². The summed E-state index contributed by atoms with van der Waals surface area (Å²) in [5.41, 5.74) is 0. The van der Waals surface area contributed by atoms with Gasteiger partial charge >= 0.3 is 0 Å². The summed E-state index contributed by atoms with van der Waals surface area (Å²) in [6.07, 6.45) is 4.03. The van der Waals surface area contributed by atoms with E-state index in [1.165, 1.54) is 11.0 Å². The molecule has 10 heteroatoms. The lowest BCUT2D eigenvalue weighted by Gasteiger charge is -2.40. The lowest BCUT2D eigenvalue weighted by molar-refractivity contribution is -0.139. The minimum atomic E-state index is -2.48. The molecule has 8 nitrogen and oxygen atoms in total. The number of aromatic nitrogens is 3. The molecule has 0 unspecified atom stereocenters. The first-order chi connectivity index (χ1) is 14.1. The van der Waals surface area contributed by atoms with Crippen LogP contribution in [-0.4, -0.2) is 77.1 Å². The molecule has 2 fully saturated rings. The number of hydrogen-bond acceptors (Lipinski definition) is 6. The molecule has 3 aliphatic heterocycles. The molecule has 1 N–H and O–H groups in total. The molecule has 2 saturated heterocycles. The van der Waals surface area contributed by atoms with Gasteiger partial charge in [-0.2, -0.15) is 10.1 Å². The van der Waals surface area contributed by atoms with Gasteiger partial charge in [0.25, 0.3) is 6.43 Å². The molecule has 0 saturated carbocycles. The molecule has 29 heavy (non-hydrogen) atoms. The van der Waals surface area contributed by atoms with Crippen LogP contribution in [0.5, 0.6) is 0 Å². The van der Waals surface area contributed by atoms with Crippen LogP contribution in [0.4, 0.5) is 14.7 Å². The van der Waals surface area contributed by atoms with E-state index in [-0.39, 0.29) is 30.6 Å². The minimum Gasteiger partial charge on any atom is -0.376 e. The van der Waals surface area contributed by atoms with E-state index in [4.69, 9.17) is 9.47 Å². The third-order valence-corrected chi connectivity index (χ3v) is 6.25. The maximum absolute atomic E-state index is 13.4. The van der Waals surface area contributed by atoms with E-state index in [0.717, 1.165) is 38.7 Å². The van der Waals surface area contributed by atoms with Crippen LogP contribution in [0.1, 0.15) is 44.6 Å². The molecule has 0 spiro atoms. The van der Waals surface area contributed by atoms with E-state index in [0.29, 0.717) is 32.1 Å². The maximum atomic E-state index is 13.4. The van der Waals surface area contributed by atoms with Crippen LogP contribution in [0, 0.1) is 5.92 Å². The molecule has 1 aromatic rings. The average Bonchev–Trinajstić information content (AvgIpc) is 3.22. The number of piperidine rings is 1. The summed E-state index contributed by atoms with van der Waals surface area (Å²) >= 11 is 0. The number of likely N-dealkylation sites (tertiary alicyclic amines) is 1. The second-order valence-corrected chi connectivity index (χ2v) is 8.14. The van der Waals surface area contributed by atoms with Crippen molar-refractivity contribution in [2.24, 2.45) is 5.92 Å². The van der Waals surface area contributed by atoms with Gasteiger partial charge in [-0.3, -0.25) is 4.79 Å². The number of nitrogens with zero attached hydrogens (tertiary/aromatic N) is 4. The van der Waals surface area contributed by atoms with Crippen LogP contribution in [-0.2, 0) is 14.3 Å². The number of halogens is 2. The van der Waals surface area contributed by atoms with Crippen LogP contribution in [0.2, 0.25) is 0 Å². The summed E-state index contributed by atoms with van der Waals surface area (Å²) in [6, 6.07) is -1.03. The van der Waals surface area contributed by atoms with Crippen molar-refractivity contribution >= 4 is 11.9 Å². The molecular formula is C19H29F2N5O3. The fourth-order valence-electron chi connectivity index (χ4n) is 4.56. The maximum Gasteiger partial charge on any atom is 0.260 e. The zero-order valence-electron chi connectivity index (χ0n) is 16.5. The molecule has 4 rings (SSSR count). The van der Waals surface area contributed by atoms with E-state index in [1.54, 1.807) is 0 Å². The van der Waals surface area contributed by atoms with E-state index in [1.807, 2.05) is 4.90 Å². The van der Waals surface area contributed by atoms with Gasteiger partial charge in [-0.05, 0) is 44.4 Å². The van der Waals surface area contributed by atoms with Crippen molar-refractivity contribution in [3.05, 3.63) is 6.33 Å². The van der Waals surface area contributed by atoms with Crippen LogP contribution in [0.3, 0.4) is 0 Å². The standard InChI is InChI=1S/C19H29F2N5O3/c20-18(21)16-9-15(24-19-22-12-23-26(16)19)13-4-6-25(7-5-13)17(27)11-28-10-14-3-1-2-8-29-14/h12-16,18H,1-11H2,(H,22,23,24)/t14-,15+,16-/m1/s1. The zero-order chi connectivity index (χ0) is 20.2. The zero-order valence-corrected chi connectivity index (χ0v) is 16.5. The smallest absolute Gasteiger partial charge is 0.260 e. The third kappa shape index (κ3) is 4.85. The molecule has 1 amide bonds. The van der Waals surface area contributed by atoms with Gasteiger partial charge in [0.2, 0.25) is 11.9 Å². The average molecular weight is 413 g/mol. The van der Waals surface area contributed by atoms with Gasteiger partial charge in [-0.25, -0.2) is 13.5 Å². The molecule has 0 aliphatic carbocycles. The monoisotopic (exact) mass is 413 g/mol. The molecule has 0 radical (unpaired) electrons. The van der Waals surface area contributed by atoms with Gasteiger partial charge in [0.05, 0.1) is 12.7 Å². The Bertz CT molecular complexity index is 675. The molecule has 1 aromatic heterocycles. The van der Waals surface area contributed by atoms with Gasteiger partial charge in [-0.15, -0.1) is 0 Å². The molecule has 3 atom stereocenters. The second-order valence-electron chi connectivity index (χ2n) is 8.14. The van der Waals surface area contributed by atoms with Gasteiger partial charge in [0, 0.05) is 25.7 Å². The first-order valence-corrected chi connectivity index (χ1v) is 10.5. The Morgan fingerprint density at radius 2 is 2.14 bits per heavy atom. The van der Waals surface area contributed by atoms with Crippen molar-refractivity contribution in [1.29, 1.82) is 0 Å². The third-order valence-electron chi connectivity index (χ3n) is 6.25. The van der Waals surface area contributed by atoms with Crippen molar-refractivity contribution in [3.8, 4) is 0 Å². The fourth-order valence-corrected chi connectivity index (χ4v) is 4.56. The number of anilines is 1. The Morgan fingerprint density at radius 1 is 1.31 bits per heavy atom. The highest BCUT2D eigenvalue weighted by Gasteiger charge is 2.38. The Morgan fingerprint density at radius 3 is 2.86 bits per heavy atom. The summed E-state index contributed by atoms with van der Waals surface area (Å²) < 4.78 is 39.4. The highest BCUT2D eigenvalue weighted by molar-refractivity contribution is 5.77. The lowest BCUT2D eigenvalue weighted by atomic mass is 9.85. The first kappa shape index (κ1) is 20.5. The number of fused-ring (bicyclic) bond motifs is 1. The van der Waals surface area contributed by atoms with Gasteiger partial charge in [0.15, 0.2) is 0 Å². The number of amides is 1. The van der Waals surface area contributed by atoms with E-state index in [9.17, 15) is 13.6 Å². The van der Waals surface area contributed by atoms with Crippen molar-refractivity contribution in [2.75, 3.05) is 38.2 Å². The quantitative estimate of drug-likeness (QED) is 0.769. The molecular weight excluding hydrogens is 384 g/mol. The molecule has 0 bridgehead atoms. The molecule has 4 heterocycles. The van der Waals surface area contributed by atoms with Crippen LogP contribution in [0.25, 0.3) is 0 Å². The number of alkyl halides is 2. The van der Waals surface area contributed by atoms with Crippen molar-refractivity contribution in [3.63, 3.8) is 0 Å². The highest BCUT2D eigenvalue weighted by atomic mass is 19.3.